The molecule has 0 aromatic carbocycles. The molecule has 4 nitrogen and oxygen atoms in total. The first-order valence-electron chi connectivity index (χ1n) is 16.5. The summed E-state index contributed by atoms with van der Waals surface area (Å²) in [4.78, 5) is 25.9. The second-order valence-electron chi connectivity index (χ2n) is 11.3. The van der Waals surface area contributed by atoms with Gasteiger partial charge < -0.3 is 9.64 Å². The van der Waals surface area contributed by atoms with Gasteiger partial charge in [-0.3, -0.25) is 9.59 Å². The average molecular weight is 524 g/mol. The number of hydrogen-bond acceptors (Lipinski definition) is 3. The van der Waals surface area contributed by atoms with Crippen molar-refractivity contribution in [1.82, 2.24) is 4.90 Å². The number of carbonyl (C=O) groups excluding carboxylic acids is 2. The summed E-state index contributed by atoms with van der Waals surface area (Å²) in [6.07, 6.45) is 32.4. The van der Waals surface area contributed by atoms with E-state index in [1.165, 1.54) is 128 Å². The van der Waals surface area contributed by atoms with Crippen molar-refractivity contribution >= 4 is 11.9 Å². The van der Waals surface area contributed by atoms with E-state index in [4.69, 9.17) is 4.74 Å². The Bertz CT molecular complexity index is 494. The standard InChI is InChI=1S/C33H65NO3/c1-4-6-8-10-12-14-15-16-17-18-19-21-23-25-27-29-33(36)37-31-30-34(3)32(35)28-26-24-22-20-13-11-9-7-5-2/h4-31H2,1-3H3. The van der Waals surface area contributed by atoms with Gasteiger partial charge in [-0.05, 0) is 12.8 Å². The molecule has 0 aliphatic rings. The van der Waals surface area contributed by atoms with Crippen LogP contribution in [-0.4, -0.2) is 37.0 Å². The summed E-state index contributed by atoms with van der Waals surface area (Å²) >= 11 is 0. The fourth-order valence-electron chi connectivity index (χ4n) is 4.91. The average Bonchev–Trinajstić information content (AvgIpc) is 2.89. The van der Waals surface area contributed by atoms with Crippen LogP contribution in [0.5, 0.6) is 0 Å². The van der Waals surface area contributed by atoms with Gasteiger partial charge in [0.15, 0.2) is 0 Å². The lowest BCUT2D eigenvalue weighted by atomic mass is 10.0. The third-order valence-electron chi connectivity index (χ3n) is 7.59. The second kappa shape index (κ2) is 29.5. The highest BCUT2D eigenvalue weighted by Gasteiger charge is 2.09. The predicted octanol–water partition coefficient (Wildman–Crippen LogP) is 10.2. The van der Waals surface area contributed by atoms with Crippen molar-refractivity contribution in [2.75, 3.05) is 20.2 Å². The van der Waals surface area contributed by atoms with Gasteiger partial charge in [-0.15, -0.1) is 0 Å². The van der Waals surface area contributed by atoms with Crippen molar-refractivity contribution in [1.29, 1.82) is 0 Å². The van der Waals surface area contributed by atoms with Crippen LogP contribution in [0.25, 0.3) is 0 Å². The van der Waals surface area contributed by atoms with Crippen molar-refractivity contribution in [3.8, 4) is 0 Å². The third kappa shape index (κ3) is 27.8. The van der Waals surface area contributed by atoms with Crippen LogP contribution in [0.3, 0.4) is 0 Å². The van der Waals surface area contributed by atoms with E-state index >= 15 is 0 Å². The van der Waals surface area contributed by atoms with Gasteiger partial charge in [0, 0.05) is 19.9 Å². The van der Waals surface area contributed by atoms with Crippen LogP contribution in [0.2, 0.25) is 0 Å². The van der Waals surface area contributed by atoms with Gasteiger partial charge in [0.05, 0.1) is 6.54 Å². The Morgan fingerprint density at radius 1 is 0.486 bits per heavy atom. The van der Waals surface area contributed by atoms with Crippen LogP contribution in [-0.2, 0) is 14.3 Å². The maximum Gasteiger partial charge on any atom is 0.305 e. The van der Waals surface area contributed by atoms with E-state index in [2.05, 4.69) is 13.8 Å². The molecule has 0 aromatic heterocycles. The summed E-state index contributed by atoms with van der Waals surface area (Å²) in [5.74, 6) is 0.0517. The molecule has 0 saturated carbocycles. The number of esters is 1. The first-order chi connectivity index (χ1) is 18.1. The van der Waals surface area contributed by atoms with Crippen molar-refractivity contribution < 1.29 is 14.3 Å². The second-order valence-corrected chi connectivity index (χ2v) is 11.3. The molecule has 0 bridgehead atoms. The monoisotopic (exact) mass is 523 g/mol. The van der Waals surface area contributed by atoms with Crippen LogP contribution < -0.4 is 0 Å². The van der Waals surface area contributed by atoms with Crippen molar-refractivity contribution in [3.05, 3.63) is 0 Å². The lowest BCUT2D eigenvalue weighted by Crippen LogP contribution is -2.30. The molecule has 1 amide bonds. The fourth-order valence-corrected chi connectivity index (χ4v) is 4.91. The highest BCUT2D eigenvalue weighted by Crippen LogP contribution is 2.14. The van der Waals surface area contributed by atoms with Gasteiger partial charge in [-0.1, -0.05) is 155 Å². The molecule has 0 saturated heterocycles. The molecule has 0 N–H and O–H groups in total. The zero-order valence-corrected chi connectivity index (χ0v) is 25.5. The molecular weight excluding hydrogens is 458 g/mol. The van der Waals surface area contributed by atoms with Crippen LogP contribution in [0, 0.1) is 0 Å². The quantitative estimate of drug-likeness (QED) is 0.0723. The zero-order valence-electron chi connectivity index (χ0n) is 25.5. The van der Waals surface area contributed by atoms with E-state index in [0.717, 1.165) is 25.7 Å². The summed E-state index contributed by atoms with van der Waals surface area (Å²) < 4.78 is 5.35. The van der Waals surface area contributed by atoms with Crippen molar-refractivity contribution in [3.63, 3.8) is 0 Å². The van der Waals surface area contributed by atoms with Gasteiger partial charge in [0.1, 0.15) is 6.61 Å². The number of carbonyl (C=O) groups is 2. The van der Waals surface area contributed by atoms with Gasteiger partial charge in [-0.25, -0.2) is 0 Å². The topological polar surface area (TPSA) is 46.6 Å². The first-order valence-corrected chi connectivity index (χ1v) is 16.5. The Kier molecular flexibility index (Phi) is 28.7. The third-order valence-corrected chi connectivity index (χ3v) is 7.59. The predicted molar refractivity (Wildman–Crippen MR) is 160 cm³/mol. The van der Waals surface area contributed by atoms with Gasteiger partial charge in [-0.2, -0.15) is 0 Å². The van der Waals surface area contributed by atoms with Gasteiger partial charge in [0.2, 0.25) is 5.91 Å². The molecule has 0 aromatic rings. The smallest absolute Gasteiger partial charge is 0.305 e. The van der Waals surface area contributed by atoms with Gasteiger partial charge in [0.25, 0.3) is 0 Å². The van der Waals surface area contributed by atoms with E-state index < -0.39 is 0 Å². The number of ether oxygens (including phenoxy) is 1. The van der Waals surface area contributed by atoms with E-state index in [1.54, 1.807) is 4.90 Å². The lowest BCUT2D eigenvalue weighted by Gasteiger charge is -2.17. The van der Waals surface area contributed by atoms with E-state index in [0.29, 0.717) is 26.0 Å². The maximum absolute atomic E-state index is 12.2. The lowest BCUT2D eigenvalue weighted by molar-refractivity contribution is -0.145. The number of amides is 1. The van der Waals surface area contributed by atoms with E-state index in [9.17, 15) is 9.59 Å². The Balaban J connectivity index is 3.39. The first kappa shape index (κ1) is 35.9. The summed E-state index contributed by atoms with van der Waals surface area (Å²) in [7, 11) is 1.82. The van der Waals surface area contributed by atoms with Crippen LogP contribution >= 0.6 is 0 Å². The molecule has 4 heteroatoms. The fraction of sp³-hybridized carbons (Fsp3) is 0.939. The molecule has 0 atom stereocenters. The molecule has 0 spiro atoms. The summed E-state index contributed by atoms with van der Waals surface area (Å²) in [5, 5.41) is 0. The molecular formula is C33H65NO3. The molecule has 0 radical (unpaired) electrons. The molecule has 0 unspecified atom stereocenters. The van der Waals surface area contributed by atoms with E-state index in [1.807, 2.05) is 7.05 Å². The molecule has 0 rings (SSSR count). The van der Waals surface area contributed by atoms with Gasteiger partial charge >= 0.3 is 5.97 Å². The maximum atomic E-state index is 12.2. The molecule has 0 heterocycles. The Morgan fingerprint density at radius 2 is 0.811 bits per heavy atom. The minimum atomic E-state index is -0.116. The summed E-state index contributed by atoms with van der Waals surface area (Å²) in [6.45, 7) is 5.35. The molecule has 220 valence electrons. The normalized spacial score (nSPS) is 11.1. The van der Waals surface area contributed by atoms with Crippen LogP contribution in [0.1, 0.15) is 181 Å². The minimum Gasteiger partial charge on any atom is -0.464 e. The van der Waals surface area contributed by atoms with Crippen molar-refractivity contribution in [2.24, 2.45) is 0 Å². The number of rotatable bonds is 29. The summed E-state index contributed by atoms with van der Waals surface area (Å²) in [6, 6.07) is 0. The van der Waals surface area contributed by atoms with Crippen LogP contribution in [0.15, 0.2) is 0 Å². The molecule has 0 aliphatic carbocycles. The SMILES string of the molecule is CCCCCCCCCCCCCCCCCC(=O)OCCN(C)C(=O)CCCCCCCCCCC. The highest BCUT2D eigenvalue weighted by molar-refractivity contribution is 5.75. The Labute approximate surface area is 232 Å². The number of nitrogens with zero attached hydrogens (tertiary/aromatic N) is 1. The largest absolute Gasteiger partial charge is 0.464 e. The van der Waals surface area contributed by atoms with Crippen molar-refractivity contribution in [2.45, 2.75) is 181 Å². The summed E-state index contributed by atoms with van der Waals surface area (Å²) in [5.41, 5.74) is 0. The molecule has 0 aliphatic heterocycles. The molecule has 37 heavy (non-hydrogen) atoms. The highest BCUT2D eigenvalue weighted by atomic mass is 16.5. The Hall–Kier alpha value is -1.06. The van der Waals surface area contributed by atoms with Crippen LogP contribution in [0.4, 0.5) is 0 Å². The molecule has 0 fully saturated rings. The Morgan fingerprint density at radius 3 is 1.19 bits per heavy atom. The number of likely N-dealkylation sites (N-methyl/N-ethyl adjacent to an activating group) is 1. The number of unbranched alkanes of at least 4 members (excludes halogenated alkanes) is 22. The minimum absolute atomic E-state index is 0.116. The van der Waals surface area contributed by atoms with E-state index in [-0.39, 0.29) is 11.9 Å². The zero-order chi connectivity index (χ0) is 27.2. The number of hydrogen-bond donors (Lipinski definition) is 0.